The second-order valence-corrected chi connectivity index (χ2v) is 8.62. The number of aromatic nitrogens is 1. The first-order valence-corrected chi connectivity index (χ1v) is 11.2. The van der Waals surface area contributed by atoms with E-state index < -0.39 is 0 Å². The Labute approximate surface area is 196 Å². The van der Waals surface area contributed by atoms with Gasteiger partial charge in [-0.25, -0.2) is 4.98 Å². The molecule has 176 valence electrons. The third-order valence-electron chi connectivity index (χ3n) is 5.76. The zero-order chi connectivity index (χ0) is 23.8. The second kappa shape index (κ2) is 11.8. The van der Waals surface area contributed by atoms with Gasteiger partial charge < -0.3 is 19.5 Å². The molecule has 3 rings (SSSR count). The summed E-state index contributed by atoms with van der Waals surface area (Å²) in [6.45, 7) is 6.03. The summed E-state index contributed by atoms with van der Waals surface area (Å²) in [4.78, 5) is 21.8. The van der Waals surface area contributed by atoms with Crippen LogP contribution in [-0.4, -0.2) is 78.4 Å². The molecule has 0 spiro atoms. The lowest BCUT2D eigenvalue weighted by atomic mass is 9.99. The number of carbonyl (C=O) groups is 1. The molecule has 1 aliphatic heterocycles. The van der Waals surface area contributed by atoms with Crippen LogP contribution >= 0.6 is 0 Å². The van der Waals surface area contributed by atoms with Crippen molar-refractivity contribution in [2.24, 2.45) is 5.92 Å². The number of amides is 1. The molecule has 3 atom stereocenters. The number of rotatable bonds is 7. The number of ether oxygens (including phenoxy) is 2. The molecular weight excluding hydrogens is 418 g/mol. The van der Waals surface area contributed by atoms with Crippen molar-refractivity contribution in [2.75, 3.05) is 40.5 Å². The molecule has 2 aromatic rings. The van der Waals surface area contributed by atoms with E-state index in [1.807, 2.05) is 25.1 Å². The molecule has 0 saturated carbocycles. The normalized spacial score (nSPS) is 19.1. The highest BCUT2D eigenvalue weighted by atomic mass is 16.5. The van der Waals surface area contributed by atoms with E-state index in [2.05, 4.69) is 47.8 Å². The Kier molecular flexibility index (Phi) is 8.84. The molecule has 1 N–H and O–H groups in total. The molecule has 1 aromatic carbocycles. The Morgan fingerprint density at radius 3 is 2.82 bits per heavy atom. The highest BCUT2D eigenvalue weighted by Gasteiger charge is 2.34. The number of aliphatic hydroxyl groups is 1. The predicted molar refractivity (Wildman–Crippen MR) is 127 cm³/mol. The van der Waals surface area contributed by atoms with Crippen molar-refractivity contribution < 1.29 is 19.4 Å². The average molecular weight is 452 g/mol. The number of aliphatic hydroxyl groups excluding tert-OH is 1. The van der Waals surface area contributed by atoms with Gasteiger partial charge in [0, 0.05) is 44.4 Å². The summed E-state index contributed by atoms with van der Waals surface area (Å²) in [5, 5.41) is 9.79. The smallest absolute Gasteiger partial charge is 0.259 e. The number of methoxy groups -OCH3 is 1. The maximum absolute atomic E-state index is 13.4. The van der Waals surface area contributed by atoms with Gasteiger partial charge in [-0.3, -0.25) is 9.69 Å². The van der Waals surface area contributed by atoms with Crippen molar-refractivity contribution in [2.45, 2.75) is 32.5 Å². The summed E-state index contributed by atoms with van der Waals surface area (Å²) in [5.41, 5.74) is 2.20. The SMILES string of the molecule is COCC#Cc1cnc2c(c1)C(=O)N([C@H](C)CO)C[C@@H](C)[C@H](CN(C)Cc1ccccc1)O2. The lowest BCUT2D eigenvalue weighted by Crippen LogP contribution is -2.49. The van der Waals surface area contributed by atoms with Crippen molar-refractivity contribution in [3.8, 4) is 17.7 Å². The van der Waals surface area contributed by atoms with Crippen LogP contribution in [0.25, 0.3) is 0 Å². The monoisotopic (exact) mass is 451 g/mol. The number of carbonyl (C=O) groups excluding carboxylic acids is 1. The van der Waals surface area contributed by atoms with Crippen LogP contribution in [0.15, 0.2) is 42.6 Å². The summed E-state index contributed by atoms with van der Waals surface area (Å²) < 4.78 is 11.3. The number of benzene rings is 1. The topological polar surface area (TPSA) is 75.1 Å². The van der Waals surface area contributed by atoms with Crippen molar-refractivity contribution in [3.05, 3.63) is 59.3 Å². The number of likely N-dealkylation sites (N-methyl/N-ethyl adjacent to an activating group) is 1. The van der Waals surface area contributed by atoms with Crippen LogP contribution in [0.5, 0.6) is 5.88 Å². The Morgan fingerprint density at radius 1 is 1.36 bits per heavy atom. The van der Waals surface area contributed by atoms with E-state index in [1.165, 1.54) is 5.56 Å². The Balaban J connectivity index is 1.89. The lowest BCUT2D eigenvalue weighted by molar-refractivity contribution is 0.0325. The van der Waals surface area contributed by atoms with Crippen LogP contribution in [0.1, 0.15) is 35.3 Å². The molecule has 2 heterocycles. The number of nitrogens with zero attached hydrogens (tertiary/aromatic N) is 3. The Morgan fingerprint density at radius 2 is 2.12 bits per heavy atom. The third-order valence-corrected chi connectivity index (χ3v) is 5.76. The summed E-state index contributed by atoms with van der Waals surface area (Å²) in [6, 6.07) is 11.7. The van der Waals surface area contributed by atoms with E-state index in [-0.39, 0.29) is 30.6 Å². The summed E-state index contributed by atoms with van der Waals surface area (Å²) >= 11 is 0. The molecule has 33 heavy (non-hydrogen) atoms. The van der Waals surface area contributed by atoms with Crippen molar-refractivity contribution >= 4 is 5.91 Å². The number of pyridine rings is 1. The molecule has 0 radical (unpaired) electrons. The fourth-order valence-electron chi connectivity index (χ4n) is 3.87. The van der Waals surface area contributed by atoms with Crippen LogP contribution in [0.2, 0.25) is 0 Å². The molecule has 0 aliphatic carbocycles. The summed E-state index contributed by atoms with van der Waals surface area (Å²) in [6.07, 6.45) is 1.43. The minimum Gasteiger partial charge on any atom is -0.472 e. The van der Waals surface area contributed by atoms with Crippen LogP contribution in [-0.2, 0) is 11.3 Å². The first-order chi connectivity index (χ1) is 15.9. The maximum atomic E-state index is 13.4. The van der Waals surface area contributed by atoms with Gasteiger partial charge in [0.25, 0.3) is 5.91 Å². The number of hydrogen-bond acceptors (Lipinski definition) is 6. The van der Waals surface area contributed by atoms with Gasteiger partial charge in [0.1, 0.15) is 18.3 Å². The van der Waals surface area contributed by atoms with Gasteiger partial charge in [0.2, 0.25) is 5.88 Å². The highest BCUT2D eigenvalue weighted by Crippen LogP contribution is 2.27. The van der Waals surface area contributed by atoms with Crippen molar-refractivity contribution in [3.63, 3.8) is 0 Å². The van der Waals surface area contributed by atoms with Gasteiger partial charge in [-0.2, -0.15) is 0 Å². The average Bonchev–Trinajstić information content (AvgIpc) is 2.82. The lowest BCUT2D eigenvalue weighted by Gasteiger charge is -2.37. The van der Waals surface area contributed by atoms with Crippen molar-refractivity contribution in [1.29, 1.82) is 0 Å². The van der Waals surface area contributed by atoms with Crippen LogP contribution in [0.4, 0.5) is 0 Å². The number of hydrogen-bond donors (Lipinski definition) is 1. The van der Waals surface area contributed by atoms with E-state index in [0.29, 0.717) is 36.7 Å². The molecule has 0 bridgehead atoms. The molecule has 7 nitrogen and oxygen atoms in total. The first-order valence-electron chi connectivity index (χ1n) is 11.2. The maximum Gasteiger partial charge on any atom is 0.259 e. The molecule has 0 saturated heterocycles. The minimum atomic E-state index is -0.322. The van der Waals surface area contributed by atoms with E-state index in [0.717, 1.165) is 6.54 Å². The molecule has 7 heteroatoms. The van der Waals surface area contributed by atoms with Crippen LogP contribution < -0.4 is 4.74 Å². The molecule has 1 aromatic heterocycles. The molecular formula is C26H33N3O4. The second-order valence-electron chi connectivity index (χ2n) is 8.62. The van der Waals surface area contributed by atoms with E-state index in [4.69, 9.17) is 9.47 Å². The Hall–Kier alpha value is -2.92. The van der Waals surface area contributed by atoms with Crippen molar-refractivity contribution in [1.82, 2.24) is 14.8 Å². The quantitative estimate of drug-likeness (QED) is 0.652. The van der Waals surface area contributed by atoms with Gasteiger partial charge in [0.15, 0.2) is 0 Å². The summed E-state index contributed by atoms with van der Waals surface area (Å²) in [7, 11) is 3.64. The zero-order valence-electron chi connectivity index (χ0n) is 19.8. The minimum absolute atomic E-state index is 0.0392. The van der Waals surface area contributed by atoms with Gasteiger partial charge >= 0.3 is 0 Å². The Bertz CT molecular complexity index is 986. The predicted octanol–water partition coefficient (Wildman–Crippen LogP) is 2.43. The fraction of sp³-hybridized carbons (Fsp3) is 0.462. The zero-order valence-corrected chi connectivity index (χ0v) is 19.8. The third kappa shape index (κ3) is 6.55. The van der Waals surface area contributed by atoms with E-state index in [1.54, 1.807) is 24.3 Å². The first kappa shape index (κ1) is 24.7. The van der Waals surface area contributed by atoms with Crippen LogP contribution in [0, 0.1) is 17.8 Å². The van der Waals surface area contributed by atoms with Gasteiger partial charge in [0.05, 0.1) is 12.6 Å². The fourth-order valence-corrected chi connectivity index (χ4v) is 3.87. The summed E-state index contributed by atoms with van der Waals surface area (Å²) in [5.74, 6) is 5.99. The molecule has 1 amide bonds. The number of fused-ring (bicyclic) bond motifs is 1. The van der Waals surface area contributed by atoms with E-state index >= 15 is 0 Å². The largest absolute Gasteiger partial charge is 0.472 e. The highest BCUT2D eigenvalue weighted by molar-refractivity contribution is 5.97. The standard InChI is InChI=1S/C26H33N3O4/c1-19-15-29(20(2)18-30)26(31)23-13-22(11-8-12-32-4)14-27-25(23)33-24(19)17-28(3)16-21-9-6-5-7-10-21/h5-7,9-10,13-14,19-20,24,30H,12,15-18H2,1-4H3/t19-,20-,24+/m1/s1. The molecule has 0 fully saturated rings. The van der Waals surface area contributed by atoms with Crippen LogP contribution in [0.3, 0.4) is 0 Å². The van der Waals surface area contributed by atoms with E-state index in [9.17, 15) is 9.90 Å². The van der Waals surface area contributed by atoms with Gasteiger partial charge in [-0.15, -0.1) is 0 Å². The molecule has 1 aliphatic rings. The molecule has 0 unspecified atom stereocenters. The van der Waals surface area contributed by atoms with Gasteiger partial charge in [-0.05, 0) is 25.6 Å². The van der Waals surface area contributed by atoms with Gasteiger partial charge in [-0.1, -0.05) is 49.1 Å².